The van der Waals surface area contributed by atoms with Crippen molar-refractivity contribution in [3.8, 4) is 0 Å². The SMILES string of the molecule is NC(=O)c1cc2ccoc2c(N2CCC(F)(F)CC2)n1. The molecule has 20 heavy (non-hydrogen) atoms. The number of halogens is 2. The van der Waals surface area contributed by atoms with Crippen LogP contribution in [0.1, 0.15) is 23.3 Å². The first-order valence-electron chi connectivity index (χ1n) is 6.27. The Morgan fingerprint density at radius 1 is 1.40 bits per heavy atom. The second kappa shape index (κ2) is 4.43. The number of carbonyl (C=O) groups is 1. The van der Waals surface area contributed by atoms with Crippen LogP contribution in [0.15, 0.2) is 22.8 Å². The van der Waals surface area contributed by atoms with Crippen LogP contribution in [0.3, 0.4) is 0 Å². The summed E-state index contributed by atoms with van der Waals surface area (Å²) in [6, 6.07) is 3.22. The number of furan rings is 1. The number of fused-ring (bicyclic) bond motifs is 1. The highest BCUT2D eigenvalue weighted by Crippen LogP contribution is 2.33. The third-order valence-corrected chi connectivity index (χ3v) is 3.46. The Bertz CT molecular complexity index is 659. The molecule has 0 unspecified atom stereocenters. The van der Waals surface area contributed by atoms with Crippen LogP contribution in [0, 0.1) is 0 Å². The normalized spacial score (nSPS) is 18.4. The third kappa shape index (κ3) is 2.19. The molecule has 7 heteroatoms. The number of rotatable bonds is 2. The van der Waals surface area contributed by atoms with Crippen LogP contribution in [-0.2, 0) is 0 Å². The lowest BCUT2D eigenvalue weighted by Gasteiger charge is -2.32. The summed E-state index contributed by atoms with van der Waals surface area (Å²) >= 11 is 0. The summed E-state index contributed by atoms with van der Waals surface area (Å²) in [4.78, 5) is 17.2. The molecule has 106 valence electrons. The van der Waals surface area contributed by atoms with E-state index in [9.17, 15) is 13.6 Å². The molecule has 3 heterocycles. The summed E-state index contributed by atoms with van der Waals surface area (Å²) in [7, 11) is 0. The summed E-state index contributed by atoms with van der Waals surface area (Å²) in [6.45, 7) is 0.329. The molecule has 2 aromatic heterocycles. The molecule has 1 amide bonds. The first-order chi connectivity index (χ1) is 9.46. The fourth-order valence-corrected chi connectivity index (χ4v) is 2.35. The molecule has 1 aliphatic heterocycles. The molecule has 0 saturated carbocycles. The van der Waals surface area contributed by atoms with Crippen LogP contribution < -0.4 is 10.6 Å². The highest BCUT2D eigenvalue weighted by atomic mass is 19.3. The molecule has 1 fully saturated rings. The molecule has 1 saturated heterocycles. The lowest BCUT2D eigenvalue weighted by atomic mass is 10.1. The zero-order valence-electron chi connectivity index (χ0n) is 10.6. The van der Waals surface area contributed by atoms with Gasteiger partial charge in [0.15, 0.2) is 11.4 Å². The summed E-state index contributed by atoms with van der Waals surface area (Å²) in [6.07, 6.45) is 0.995. The molecular weight excluding hydrogens is 268 g/mol. The number of hydrogen-bond acceptors (Lipinski definition) is 4. The second-order valence-corrected chi connectivity index (χ2v) is 4.88. The molecule has 1 aliphatic rings. The first-order valence-corrected chi connectivity index (χ1v) is 6.27. The number of amides is 1. The summed E-state index contributed by atoms with van der Waals surface area (Å²) in [5.41, 5.74) is 5.83. The van der Waals surface area contributed by atoms with Crippen molar-refractivity contribution in [2.45, 2.75) is 18.8 Å². The van der Waals surface area contributed by atoms with Gasteiger partial charge in [0, 0.05) is 31.3 Å². The van der Waals surface area contributed by atoms with Gasteiger partial charge in [-0.25, -0.2) is 13.8 Å². The number of carbonyl (C=O) groups excluding carboxylic acids is 1. The molecule has 2 aromatic rings. The van der Waals surface area contributed by atoms with Crippen molar-refractivity contribution >= 4 is 22.7 Å². The highest BCUT2D eigenvalue weighted by Gasteiger charge is 2.35. The minimum Gasteiger partial charge on any atom is -0.460 e. The molecule has 2 N–H and O–H groups in total. The predicted molar refractivity (Wildman–Crippen MR) is 68.9 cm³/mol. The van der Waals surface area contributed by atoms with Gasteiger partial charge in [0.05, 0.1) is 6.26 Å². The minimum atomic E-state index is -2.64. The molecule has 0 aromatic carbocycles. The number of primary amides is 1. The lowest BCUT2D eigenvalue weighted by Crippen LogP contribution is -2.40. The number of piperidine rings is 1. The van der Waals surface area contributed by atoms with Crippen molar-refractivity contribution in [2.75, 3.05) is 18.0 Å². The van der Waals surface area contributed by atoms with Crippen molar-refractivity contribution in [3.05, 3.63) is 24.1 Å². The number of aromatic nitrogens is 1. The number of anilines is 1. The Morgan fingerprint density at radius 2 is 2.10 bits per heavy atom. The average molecular weight is 281 g/mol. The minimum absolute atomic E-state index is 0.103. The van der Waals surface area contributed by atoms with Crippen LogP contribution in [0.25, 0.3) is 11.0 Å². The lowest BCUT2D eigenvalue weighted by molar-refractivity contribution is -0.0221. The fourth-order valence-electron chi connectivity index (χ4n) is 2.35. The molecule has 3 rings (SSSR count). The van der Waals surface area contributed by atoms with E-state index in [1.165, 1.54) is 12.3 Å². The van der Waals surface area contributed by atoms with Gasteiger partial charge in [0.1, 0.15) is 5.69 Å². The molecule has 0 radical (unpaired) electrons. The Kier molecular flexibility index (Phi) is 2.84. The van der Waals surface area contributed by atoms with E-state index < -0.39 is 11.8 Å². The van der Waals surface area contributed by atoms with Gasteiger partial charge in [-0.05, 0) is 12.1 Å². The molecule has 5 nitrogen and oxygen atoms in total. The summed E-state index contributed by atoms with van der Waals surface area (Å²) in [5.74, 6) is -2.89. The number of hydrogen-bond donors (Lipinski definition) is 1. The van der Waals surface area contributed by atoms with Gasteiger partial charge in [0.2, 0.25) is 0 Å². The standard InChI is InChI=1S/C13H13F2N3O2/c14-13(15)2-4-18(5-3-13)12-10-8(1-6-20-10)7-9(17-12)11(16)19/h1,6-7H,2-5H2,(H2,16,19). The van der Waals surface area contributed by atoms with Gasteiger partial charge in [-0.3, -0.25) is 4.79 Å². The fraction of sp³-hybridized carbons (Fsp3) is 0.385. The van der Waals surface area contributed by atoms with Gasteiger partial charge >= 0.3 is 0 Å². The van der Waals surface area contributed by atoms with Gasteiger partial charge in [-0.2, -0.15) is 0 Å². The van der Waals surface area contributed by atoms with Crippen molar-refractivity contribution in [1.82, 2.24) is 4.98 Å². The quantitative estimate of drug-likeness (QED) is 0.915. The number of alkyl halides is 2. The topological polar surface area (TPSA) is 72.4 Å². The van der Waals surface area contributed by atoms with E-state index in [2.05, 4.69) is 4.98 Å². The van der Waals surface area contributed by atoms with Gasteiger partial charge in [-0.15, -0.1) is 0 Å². The Balaban J connectivity index is 2.02. The monoisotopic (exact) mass is 281 g/mol. The molecule has 0 aliphatic carbocycles. The Morgan fingerprint density at radius 3 is 2.75 bits per heavy atom. The summed E-state index contributed by atoms with van der Waals surface area (Å²) < 4.78 is 31.8. The number of nitrogens with zero attached hydrogens (tertiary/aromatic N) is 2. The van der Waals surface area contributed by atoms with Gasteiger partial charge < -0.3 is 15.1 Å². The predicted octanol–water partition coefficient (Wildman–Crippen LogP) is 2.16. The van der Waals surface area contributed by atoms with E-state index in [1.807, 2.05) is 0 Å². The van der Waals surface area contributed by atoms with E-state index in [-0.39, 0.29) is 31.6 Å². The number of nitrogens with two attached hydrogens (primary N) is 1. The van der Waals surface area contributed by atoms with Gasteiger partial charge in [0.25, 0.3) is 11.8 Å². The number of pyridine rings is 1. The maximum Gasteiger partial charge on any atom is 0.267 e. The third-order valence-electron chi connectivity index (χ3n) is 3.46. The van der Waals surface area contributed by atoms with E-state index >= 15 is 0 Å². The van der Waals surface area contributed by atoms with Crippen molar-refractivity contribution < 1.29 is 18.0 Å². The molecule has 0 bridgehead atoms. The highest BCUT2D eigenvalue weighted by molar-refractivity contribution is 5.97. The van der Waals surface area contributed by atoms with Gasteiger partial charge in [-0.1, -0.05) is 0 Å². The zero-order valence-corrected chi connectivity index (χ0v) is 10.6. The van der Waals surface area contributed by atoms with E-state index in [0.717, 1.165) is 0 Å². The van der Waals surface area contributed by atoms with Crippen LogP contribution >= 0.6 is 0 Å². The van der Waals surface area contributed by atoms with Crippen LogP contribution in [-0.4, -0.2) is 29.9 Å². The van der Waals surface area contributed by atoms with Crippen LogP contribution in [0.5, 0.6) is 0 Å². The summed E-state index contributed by atoms with van der Waals surface area (Å²) in [5, 5.41) is 0.682. The molecule has 0 spiro atoms. The van der Waals surface area contributed by atoms with Crippen LogP contribution in [0.4, 0.5) is 14.6 Å². The van der Waals surface area contributed by atoms with E-state index in [0.29, 0.717) is 16.8 Å². The smallest absolute Gasteiger partial charge is 0.267 e. The zero-order chi connectivity index (χ0) is 14.3. The van der Waals surface area contributed by atoms with Crippen LogP contribution in [0.2, 0.25) is 0 Å². The van der Waals surface area contributed by atoms with Crippen molar-refractivity contribution in [1.29, 1.82) is 0 Å². The van der Waals surface area contributed by atoms with E-state index in [4.69, 9.17) is 10.2 Å². The Labute approximate surface area is 113 Å². The average Bonchev–Trinajstić information content (AvgIpc) is 2.85. The molecule has 0 atom stereocenters. The first kappa shape index (κ1) is 12.8. The maximum absolute atomic E-state index is 13.2. The Hall–Kier alpha value is -2.18. The van der Waals surface area contributed by atoms with Crippen molar-refractivity contribution in [2.24, 2.45) is 5.73 Å². The largest absolute Gasteiger partial charge is 0.460 e. The van der Waals surface area contributed by atoms with E-state index in [1.54, 1.807) is 11.0 Å². The maximum atomic E-state index is 13.2. The van der Waals surface area contributed by atoms with Crippen molar-refractivity contribution in [3.63, 3.8) is 0 Å². The molecular formula is C13H13F2N3O2. The second-order valence-electron chi connectivity index (χ2n) is 4.88.